The van der Waals surface area contributed by atoms with E-state index >= 15 is 0 Å². The molecule has 3 atom stereocenters. The molecule has 7 heteroatoms. The molecule has 0 saturated carbocycles. The second-order valence-electron chi connectivity index (χ2n) is 5.76. The van der Waals surface area contributed by atoms with Crippen LogP contribution in [0, 0.1) is 6.92 Å². The minimum Gasteiger partial charge on any atom is -0.507 e. The summed E-state index contributed by atoms with van der Waals surface area (Å²) in [5, 5.41) is 11.2. The number of esters is 1. The van der Waals surface area contributed by atoms with Crippen molar-refractivity contribution in [2.24, 2.45) is 4.99 Å². The number of methoxy groups -OCH3 is 1. The van der Waals surface area contributed by atoms with Gasteiger partial charge in [-0.25, -0.2) is 0 Å². The van der Waals surface area contributed by atoms with Crippen molar-refractivity contribution in [3.63, 3.8) is 0 Å². The van der Waals surface area contributed by atoms with Gasteiger partial charge in [-0.3, -0.25) is 14.7 Å². The molecule has 1 aromatic carbocycles. The smallest absolute Gasteiger partial charge is 0.323 e. The Bertz CT molecular complexity index is 650. The van der Waals surface area contributed by atoms with E-state index in [0.29, 0.717) is 0 Å². The molecule has 1 N–H and O–H groups in total. The Balaban J connectivity index is 1.76. The lowest BCUT2D eigenvalue weighted by molar-refractivity contribution is -0.145. The molecule has 0 radical (unpaired) electrons. The van der Waals surface area contributed by atoms with Crippen molar-refractivity contribution >= 4 is 34.5 Å². The molecule has 5 nitrogen and oxygen atoms in total. The van der Waals surface area contributed by atoms with E-state index in [2.05, 4.69) is 4.90 Å². The normalized spacial score (nSPS) is 28.0. The summed E-state index contributed by atoms with van der Waals surface area (Å²) in [6.07, 6.45) is 0. The van der Waals surface area contributed by atoms with Gasteiger partial charge in [0.1, 0.15) is 16.8 Å². The lowest BCUT2D eigenvalue weighted by Crippen LogP contribution is -2.43. The monoisotopic (exact) mass is 352 g/mol. The van der Waals surface area contributed by atoms with Gasteiger partial charge in [0.05, 0.1) is 18.5 Å². The van der Waals surface area contributed by atoms with E-state index in [1.165, 1.54) is 7.11 Å². The third kappa shape index (κ3) is 3.22. The van der Waals surface area contributed by atoms with Crippen LogP contribution in [0.3, 0.4) is 0 Å². The summed E-state index contributed by atoms with van der Waals surface area (Å²) < 4.78 is 4.86. The Kier molecular flexibility index (Phi) is 4.89. The zero-order valence-corrected chi connectivity index (χ0v) is 15.0. The maximum absolute atomic E-state index is 11.8. The van der Waals surface area contributed by atoms with Gasteiger partial charge in [-0.1, -0.05) is 6.07 Å². The quantitative estimate of drug-likeness (QED) is 0.841. The third-order valence-electron chi connectivity index (χ3n) is 4.18. The van der Waals surface area contributed by atoms with Gasteiger partial charge in [0, 0.05) is 17.1 Å². The van der Waals surface area contributed by atoms with Crippen molar-refractivity contribution in [1.82, 2.24) is 4.90 Å². The van der Waals surface area contributed by atoms with E-state index < -0.39 is 0 Å². The molecule has 3 rings (SSSR count). The van der Waals surface area contributed by atoms with Gasteiger partial charge >= 0.3 is 5.97 Å². The van der Waals surface area contributed by atoms with E-state index in [0.717, 1.165) is 27.7 Å². The molecule has 124 valence electrons. The lowest BCUT2D eigenvalue weighted by atomic mass is 10.1. The molecule has 2 aliphatic heterocycles. The Morgan fingerprint density at radius 1 is 1.43 bits per heavy atom. The van der Waals surface area contributed by atoms with Gasteiger partial charge in [-0.2, -0.15) is 0 Å². The van der Waals surface area contributed by atoms with Crippen LogP contribution in [0.25, 0.3) is 0 Å². The molecule has 0 amide bonds. The fraction of sp³-hybridized carbons (Fsp3) is 0.500. The third-order valence-corrected chi connectivity index (χ3v) is 6.78. The van der Waals surface area contributed by atoms with E-state index in [1.807, 2.05) is 26.1 Å². The number of hydrogen-bond donors (Lipinski definition) is 1. The molecule has 0 aromatic heterocycles. The molecular weight excluding hydrogens is 332 g/mol. The topological polar surface area (TPSA) is 62.1 Å². The maximum atomic E-state index is 11.8. The molecular formula is C16H20N2O3S2. The molecule has 1 saturated heterocycles. The number of aromatic hydroxyl groups is 1. The van der Waals surface area contributed by atoms with E-state index in [9.17, 15) is 9.90 Å². The Morgan fingerprint density at radius 3 is 2.91 bits per heavy atom. The van der Waals surface area contributed by atoms with Crippen LogP contribution in [-0.2, 0) is 9.53 Å². The predicted molar refractivity (Wildman–Crippen MR) is 95.4 cm³/mol. The zero-order chi connectivity index (χ0) is 16.6. The van der Waals surface area contributed by atoms with E-state index in [-0.39, 0.29) is 29.2 Å². The summed E-state index contributed by atoms with van der Waals surface area (Å²) in [7, 11) is 3.38. The van der Waals surface area contributed by atoms with Crippen LogP contribution in [0.2, 0.25) is 0 Å². The molecule has 1 aromatic rings. The Hall–Kier alpha value is -1.18. The fourth-order valence-electron chi connectivity index (χ4n) is 2.86. The van der Waals surface area contributed by atoms with Crippen LogP contribution in [0.5, 0.6) is 5.75 Å². The van der Waals surface area contributed by atoms with Crippen LogP contribution in [0.15, 0.2) is 23.2 Å². The lowest BCUT2D eigenvalue weighted by Gasteiger charge is -2.25. The minimum atomic E-state index is -0.202. The zero-order valence-electron chi connectivity index (χ0n) is 13.4. The molecule has 0 unspecified atom stereocenters. The van der Waals surface area contributed by atoms with Crippen LogP contribution >= 0.6 is 23.5 Å². The second-order valence-corrected chi connectivity index (χ2v) is 7.92. The first-order valence-corrected chi connectivity index (χ1v) is 9.46. The van der Waals surface area contributed by atoms with Crippen LogP contribution in [-0.4, -0.2) is 64.1 Å². The van der Waals surface area contributed by atoms with E-state index in [4.69, 9.17) is 9.73 Å². The average molecular weight is 352 g/mol. The van der Waals surface area contributed by atoms with Crippen molar-refractivity contribution in [2.75, 3.05) is 25.7 Å². The maximum Gasteiger partial charge on any atom is 0.323 e. The summed E-state index contributed by atoms with van der Waals surface area (Å²) in [6, 6.07) is 5.57. The van der Waals surface area contributed by atoms with Crippen molar-refractivity contribution < 1.29 is 14.6 Å². The number of phenolic OH excluding ortho intramolecular Hbond substituents is 1. The van der Waals surface area contributed by atoms with Gasteiger partial charge in [0.15, 0.2) is 0 Å². The highest BCUT2D eigenvalue weighted by Gasteiger charge is 2.42. The highest BCUT2D eigenvalue weighted by molar-refractivity contribution is 8.14. The van der Waals surface area contributed by atoms with Gasteiger partial charge in [-0.05, 0) is 31.7 Å². The minimum absolute atomic E-state index is 0.111. The van der Waals surface area contributed by atoms with Gasteiger partial charge in [-0.15, -0.1) is 23.5 Å². The number of rotatable bonds is 3. The van der Waals surface area contributed by atoms with Crippen LogP contribution in [0.4, 0.5) is 0 Å². The summed E-state index contributed by atoms with van der Waals surface area (Å²) in [5.74, 6) is 1.68. The number of phenols is 1. The van der Waals surface area contributed by atoms with Crippen LogP contribution in [0.1, 0.15) is 11.1 Å². The molecule has 0 spiro atoms. The summed E-state index contributed by atoms with van der Waals surface area (Å²) in [5.41, 5.74) is 1.82. The van der Waals surface area contributed by atoms with Crippen molar-refractivity contribution in [1.29, 1.82) is 0 Å². The number of benzene rings is 1. The van der Waals surface area contributed by atoms with Crippen LogP contribution < -0.4 is 0 Å². The van der Waals surface area contributed by atoms with Crippen molar-refractivity contribution in [3.05, 3.63) is 29.3 Å². The number of thioether (sulfide) groups is 2. The number of aryl methyl sites for hydroxylation is 1. The number of aliphatic imine (C=N–C) groups is 1. The molecule has 2 heterocycles. The van der Waals surface area contributed by atoms with E-state index in [1.54, 1.807) is 29.6 Å². The molecule has 2 aliphatic rings. The Labute approximate surface area is 144 Å². The van der Waals surface area contributed by atoms with Crippen molar-refractivity contribution in [2.45, 2.75) is 24.4 Å². The number of ether oxygens (including phenoxy) is 1. The first-order valence-electron chi connectivity index (χ1n) is 7.43. The largest absolute Gasteiger partial charge is 0.507 e. The number of nitrogens with zero attached hydrogens (tertiary/aromatic N) is 2. The first kappa shape index (κ1) is 16.7. The second kappa shape index (κ2) is 6.75. The van der Waals surface area contributed by atoms with Crippen molar-refractivity contribution in [3.8, 4) is 5.75 Å². The predicted octanol–water partition coefficient (Wildman–Crippen LogP) is 2.11. The highest BCUT2D eigenvalue weighted by Crippen LogP contribution is 2.37. The highest BCUT2D eigenvalue weighted by atomic mass is 32.2. The summed E-state index contributed by atoms with van der Waals surface area (Å²) in [4.78, 5) is 18.7. The number of carbonyl (C=O) groups is 1. The standard InChI is InChI=1S/C16H20N2O3S2/c1-9-4-5-10(13(19)6-9)14-17-11(7-22-14)15-18(2)12(8-23-15)16(20)21-3/h4-6,11-12,15,19H,7-8H2,1-3H3/t11-,12+,15-/m1/s1. The van der Waals surface area contributed by atoms with Gasteiger partial charge in [0.2, 0.25) is 0 Å². The number of carbonyl (C=O) groups excluding carboxylic acids is 1. The van der Waals surface area contributed by atoms with Gasteiger partial charge in [0.25, 0.3) is 0 Å². The summed E-state index contributed by atoms with van der Waals surface area (Å²) in [6.45, 7) is 1.95. The number of hydrogen-bond acceptors (Lipinski definition) is 7. The average Bonchev–Trinajstić information content (AvgIpc) is 3.13. The molecule has 0 aliphatic carbocycles. The molecule has 23 heavy (non-hydrogen) atoms. The number of likely N-dealkylation sites (N-methyl/N-ethyl adjacent to an activating group) is 1. The SMILES string of the molecule is COC(=O)[C@@H]1CS[C@H]([C@H]2CSC(c3ccc(C)cc3O)=N2)N1C. The molecule has 0 bridgehead atoms. The summed E-state index contributed by atoms with van der Waals surface area (Å²) >= 11 is 3.41. The molecule has 1 fully saturated rings. The Morgan fingerprint density at radius 2 is 2.22 bits per heavy atom. The van der Waals surface area contributed by atoms with Gasteiger partial charge < -0.3 is 9.84 Å². The fourth-order valence-corrected chi connectivity index (χ4v) is 5.62. The first-order chi connectivity index (χ1) is 11.0.